The molecule has 0 saturated heterocycles. The summed E-state index contributed by atoms with van der Waals surface area (Å²) in [5, 5.41) is 3.18. The molecule has 3 rings (SSSR count). The Bertz CT molecular complexity index is 850. The molecule has 4 heteroatoms. The summed E-state index contributed by atoms with van der Waals surface area (Å²) in [6.45, 7) is 12.0. The monoisotopic (exact) mass is 368 g/mol. The predicted molar refractivity (Wildman–Crippen MR) is 110 cm³/mol. The van der Waals surface area contributed by atoms with Crippen LogP contribution in [0.3, 0.4) is 0 Å². The van der Waals surface area contributed by atoms with Crippen LogP contribution in [0.5, 0.6) is 0 Å². The zero-order chi connectivity index (χ0) is 19.8. The van der Waals surface area contributed by atoms with Crippen LogP contribution in [0.15, 0.2) is 30.3 Å². The van der Waals surface area contributed by atoms with E-state index in [-0.39, 0.29) is 17.1 Å². The summed E-state index contributed by atoms with van der Waals surface area (Å²) in [6.07, 6.45) is 1.40. The second-order valence-electron chi connectivity index (χ2n) is 8.78. The van der Waals surface area contributed by atoms with Gasteiger partial charge in [-0.25, -0.2) is 4.39 Å². The molecule has 0 aliphatic carbocycles. The van der Waals surface area contributed by atoms with Gasteiger partial charge in [0, 0.05) is 30.9 Å². The lowest BCUT2D eigenvalue weighted by atomic mass is 9.89. The van der Waals surface area contributed by atoms with Crippen LogP contribution in [0.4, 0.5) is 15.8 Å². The third-order valence-corrected chi connectivity index (χ3v) is 5.10. The van der Waals surface area contributed by atoms with Crippen LogP contribution >= 0.6 is 0 Å². The lowest BCUT2D eigenvalue weighted by molar-refractivity contribution is -0.117. The molecule has 0 bridgehead atoms. The van der Waals surface area contributed by atoms with E-state index in [2.05, 4.69) is 50.9 Å². The number of halogens is 1. The Balaban J connectivity index is 1.93. The van der Waals surface area contributed by atoms with Crippen molar-refractivity contribution in [3.63, 3.8) is 0 Å². The lowest BCUT2D eigenvalue weighted by Gasteiger charge is -2.34. The van der Waals surface area contributed by atoms with Gasteiger partial charge in [0.2, 0.25) is 5.91 Å². The Kier molecular flexibility index (Phi) is 5.27. The number of anilines is 2. The highest BCUT2D eigenvalue weighted by atomic mass is 19.1. The van der Waals surface area contributed by atoms with Crippen molar-refractivity contribution in [1.82, 2.24) is 0 Å². The number of hydrogen-bond acceptors (Lipinski definition) is 2. The number of carbonyl (C=O) groups is 1. The summed E-state index contributed by atoms with van der Waals surface area (Å²) in [7, 11) is 0. The van der Waals surface area contributed by atoms with E-state index < -0.39 is 0 Å². The molecule has 27 heavy (non-hydrogen) atoms. The maximum absolute atomic E-state index is 13.3. The zero-order valence-electron chi connectivity index (χ0n) is 16.9. The van der Waals surface area contributed by atoms with Crippen LogP contribution < -0.4 is 10.2 Å². The van der Waals surface area contributed by atoms with Gasteiger partial charge >= 0.3 is 0 Å². The zero-order valence-corrected chi connectivity index (χ0v) is 16.9. The molecule has 1 heterocycles. The Morgan fingerprint density at radius 1 is 1.11 bits per heavy atom. The van der Waals surface area contributed by atoms with Gasteiger partial charge in [-0.2, -0.15) is 0 Å². The molecule has 1 aliphatic heterocycles. The number of nitrogens with zero attached hydrogens (tertiary/aromatic N) is 1. The number of fused-ring (bicyclic) bond motifs is 1. The molecule has 0 fully saturated rings. The quantitative estimate of drug-likeness (QED) is 0.789. The van der Waals surface area contributed by atoms with Gasteiger partial charge in [0.25, 0.3) is 0 Å². The molecule has 0 spiro atoms. The minimum Gasteiger partial charge on any atom is -0.367 e. The molecule has 144 valence electrons. The van der Waals surface area contributed by atoms with Gasteiger partial charge in [0.05, 0.1) is 0 Å². The first-order valence-corrected chi connectivity index (χ1v) is 9.56. The Morgan fingerprint density at radius 2 is 1.78 bits per heavy atom. The second kappa shape index (κ2) is 7.34. The highest BCUT2D eigenvalue weighted by Gasteiger charge is 2.24. The maximum Gasteiger partial charge on any atom is 0.224 e. The molecule has 2 aromatic rings. The molecule has 0 unspecified atom stereocenters. The van der Waals surface area contributed by atoms with Gasteiger partial charge in [-0.3, -0.25) is 4.79 Å². The highest BCUT2D eigenvalue weighted by molar-refractivity contribution is 5.93. The number of amides is 1. The molecule has 1 aliphatic rings. The number of benzene rings is 2. The third-order valence-electron chi connectivity index (χ3n) is 5.10. The van der Waals surface area contributed by atoms with E-state index in [0.717, 1.165) is 29.9 Å². The summed E-state index contributed by atoms with van der Waals surface area (Å²) in [4.78, 5) is 14.8. The molecule has 0 saturated carbocycles. The summed E-state index contributed by atoms with van der Waals surface area (Å²) in [5.74, 6) is -0.173. The van der Waals surface area contributed by atoms with Gasteiger partial charge in [-0.05, 0) is 72.2 Å². The van der Waals surface area contributed by atoms with Crippen molar-refractivity contribution in [2.45, 2.75) is 54.0 Å². The van der Waals surface area contributed by atoms with Crippen molar-refractivity contribution in [3.8, 4) is 0 Å². The molecule has 0 aromatic heterocycles. The van der Waals surface area contributed by atoms with Crippen LogP contribution in [0, 0.1) is 25.1 Å². The molecule has 2 aromatic carbocycles. The van der Waals surface area contributed by atoms with Crippen molar-refractivity contribution in [3.05, 3.63) is 58.4 Å². The molecular weight excluding hydrogens is 339 g/mol. The number of rotatable bonds is 3. The number of aryl methyl sites for hydroxylation is 2. The molecule has 0 radical (unpaired) electrons. The van der Waals surface area contributed by atoms with E-state index in [4.69, 9.17) is 0 Å². The van der Waals surface area contributed by atoms with Crippen LogP contribution in [-0.2, 0) is 17.8 Å². The fourth-order valence-electron chi connectivity index (χ4n) is 3.86. The van der Waals surface area contributed by atoms with Crippen molar-refractivity contribution < 1.29 is 9.18 Å². The van der Waals surface area contributed by atoms with Crippen molar-refractivity contribution in [1.29, 1.82) is 0 Å². The Labute approximate surface area is 161 Å². The average Bonchev–Trinajstić information content (AvgIpc) is 2.57. The van der Waals surface area contributed by atoms with Gasteiger partial charge in [0.1, 0.15) is 5.82 Å². The van der Waals surface area contributed by atoms with E-state index in [1.54, 1.807) is 0 Å². The van der Waals surface area contributed by atoms with E-state index in [9.17, 15) is 9.18 Å². The first-order valence-electron chi connectivity index (χ1n) is 9.56. The smallest absolute Gasteiger partial charge is 0.224 e. The minimum absolute atomic E-state index is 0.0514. The third kappa shape index (κ3) is 4.49. The molecule has 3 nitrogen and oxygen atoms in total. The average molecular weight is 368 g/mol. The Hall–Kier alpha value is -2.36. The topological polar surface area (TPSA) is 32.3 Å². The van der Waals surface area contributed by atoms with Gasteiger partial charge < -0.3 is 10.2 Å². The van der Waals surface area contributed by atoms with Gasteiger partial charge in [0.15, 0.2) is 0 Å². The lowest BCUT2D eigenvalue weighted by Crippen LogP contribution is -2.32. The van der Waals surface area contributed by atoms with Crippen molar-refractivity contribution >= 4 is 17.3 Å². The first-order chi connectivity index (χ1) is 12.6. The van der Waals surface area contributed by atoms with Crippen LogP contribution in [-0.4, -0.2) is 12.5 Å². The van der Waals surface area contributed by atoms with Crippen LogP contribution in [0.1, 0.15) is 49.4 Å². The fourth-order valence-corrected chi connectivity index (χ4v) is 3.86. The normalized spacial score (nSPS) is 14.1. The summed E-state index contributed by atoms with van der Waals surface area (Å²) < 4.78 is 13.3. The minimum atomic E-state index is -0.224. The van der Waals surface area contributed by atoms with E-state index in [0.29, 0.717) is 13.0 Å². The second-order valence-corrected chi connectivity index (χ2v) is 8.78. The molecular formula is C23H29FN2O. The largest absolute Gasteiger partial charge is 0.367 e. The number of nitrogens with one attached hydrogen (secondary N) is 1. The van der Waals surface area contributed by atoms with E-state index >= 15 is 0 Å². The SMILES string of the molecule is Cc1cc(C)c(NC(=O)CC(C)(C)C)c2c1CCN(c1ccc(F)cc1)C2. The van der Waals surface area contributed by atoms with Crippen LogP contribution in [0.25, 0.3) is 0 Å². The van der Waals surface area contributed by atoms with Gasteiger partial charge in [-0.15, -0.1) is 0 Å². The molecule has 0 atom stereocenters. The summed E-state index contributed by atoms with van der Waals surface area (Å²) in [6, 6.07) is 8.80. The molecule has 1 amide bonds. The Morgan fingerprint density at radius 3 is 2.41 bits per heavy atom. The number of hydrogen-bond donors (Lipinski definition) is 1. The standard InChI is InChI=1S/C23H29FN2O/c1-15-12-16(2)22(25-21(27)13-23(3,4)5)20-14-26(11-10-19(15)20)18-8-6-17(24)7-9-18/h6-9,12H,10-11,13-14H2,1-5H3,(H,25,27). The predicted octanol–water partition coefficient (Wildman–Crippen LogP) is 5.38. The maximum atomic E-state index is 13.3. The number of carbonyl (C=O) groups excluding carboxylic acids is 1. The first kappa shape index (κ1) is 19.4. The summed E-state index contributed by atoms with van der Waals surface area (Å²) >= 11 is 0. The summed E-state index contributed by atoms with van der Waals surface area (Å²) in [5.41, 5.74) is 6.77. The highest BCUT2D eigenvalue weighted by Crippen LogP contribution is 2.34. The fraction of sp³-hybridized carbons (Fsp3) is 0.435. The van der Waals surface area contributed by atoms with E-state index in [1.807, 2.05) is 12.1 Å². The van der Waals surface area contributed by atoms with Crippen LogP contribution in [0.2, 0.25) is 0 Å². The van der Waals surface area contributed by atoms with Crippen molar-refractivity contribution in [2.75, 3.05) is 16.8 Å². The van der Waals surface area contributed by atoms with Crippen molar-refractivity contribution in [2.24, 2.45) is 5.41 Å². The van der Waals surface area contributed by atoms with E-state index in [1.165, 1.54) is 28.8 Å². The van der Waals surface area contributed by atoms with Gasteiger partial charge in [-0.1, -0.05) is 26.8 Å². The molecule has 1 N–H and O–H groups in total.